The highest BCUT2D eigenvalue weighted by atomic mass is 35.5. The molecule has 0 N–H and O–H groups in total. The first kappa shape index (κ1) is 12.3. The molecule has 0 spiro atoms. The van der Waals surface area contributed by atoms with Crippen molar-refractivity contribution in [2.24, 2.45) is 0 Å². The molecule has 0 unspecified atom stereocenters. The lowest BCUT2D eigenvalue weighted by Gasteiger charge is -2.07. The van der Waals surface area contributed by atoms with Gasteiger partial charge in [-0.25, -0.2) is 4.98 Å². The highest BCUT2D eigenvalue weighted by Crippen LogP contribution is 2.26. The topological polar surface area (TPSA) is 56.7 Å². The van der Waals surface area contributed by atoms with Crippen LogP contribution in [0.2, 0.25) is 0 Å². The van der Waals surface area contributed by atoms with E-state index in [0.29, 0.717) is 12.4 Å². The van der Waals surface area contributed by atoms with Crippen LogP contribution < -0.4 is 0 Å². The van der Waals surface area contributed by atoms with E-state index in [1.807, 2.05) is 30.3 Å². The zero-order valence-electron chi connectivity index (χ0n) is 11.0. The van der Waals surface area contributed by atoms with Crippen LogP contribution in [-0.4, -0.2) is 19.7 Å². The highest BCUT2D eigenvalue weighted by molar-refractivity contribution is 6.17. The van der Waals surface area contributed by atoms with Gasteiger partial charge in [0.2, 0.25) is 0 Å². The zero-order valence-corrected chi connectivity index (χ0v) is 11.8. The molecule has 5 nitrogen and oxygen atoms in total. The molecule has 0 amide bonds. The van der Waals surface area contributed by atoms with Crippen LogP contribution in [0.25, 0.3) is 21.9 Å². The second-order valence-electron chi connectivity index (χ2n) is 4.75. The summed E-state index contributed by atoms with van der Waals surface area (Å²) in [6.07, 6.45) is 3.35. The van der Waals surface area contributed by atoms with Crippen LogP contribution in [-0.2, 0) is 12.4 Å². The maximum Gasteiger partial charge on any atom is 0.125 e. The standard InChI is InChI=1S/C15H11ClN4O/c16-7-14-18-13-8-17-12-4-2-1-3-11(12)15(13)20(14)9-10-5-6-21-19-10/h1-6,8H,7,9H2. The van der Waals surface area contributed by atoms with Gasteiger partial charge in [0.25, 0.3) is 0 Å². The summed E-state index contributed by atoms with van der Waals surface area (Å²) in [7, 11) is 0. The van der Waals surface area contributed by atoms with Crippen LogP contribution >= 0.6 is 11.6 Å². The molecular weight excluding hydrogens is 288 g/mol. The Morgan fingerprint density at radius 1 is 1.14 bits per heavy atom. The van der Waals surface area contributed by atoms with E-state index < -0.39 is 0 Å². The van der Waals surface area contributed by atoms with E-state index in [1.165, 1.54) is 0 Å². The molecule has 0 fully saturated rings. The van der Waals surface area contributed by atoms with Gasteiger partial charge in [-0.1, -0.05) is 23.4 Å². The first-order valence-electron chi connectivity index (χ1n) is 6.55. The van der Waals surface area contributed by atoms with Gasteiger partial charge < -0.3 is 9.09 Å². The third-order valence-corrected chi connectivity index (χ3v) is 3.73. The molecule has 0 saturated carbocycles. The predicted octanol–water partition coefficient (Wildman–Crippen LogP) is 3.36. The van der Waals surface area contributed by atoms with E-state index >= 15 is 0 Å². The number of hydrogen-bond acceptors (Lipinski definition) is 4. The molecule has 21 heavy (non-hydrogen) atoms. The van der Waals surface area contributed by atoms with Gasteiger partial charge in [0.05, 0.1) is 29.7 Å². The number of nitrogens with zero attached hydrogens (tertiary/aromatic N) is 4. The number of pyridine rings is 1. The molecule has 6 heteroatoms. The Labute approximate surface area is 125 Å². The summed E-state index contributed by atoms with van der Waals surface area (Å²) in [5.41, 5.74) is 3.64. The lowest BCUT2D eigenvalue weighted by molar-refractivity contribution is 0.409. The summed E-state index contributed by atoms with van der Waals surface area (Å²) in [4.78, 5) is 9.01. The van der Waals surface area contributed by atoms with Crippen LogP contribution in [0.4, 0.5) is 0 Å². The lowest BCUT2D eigenvalue weighted by atomic mass is 10.2. The van der Waals surface area contributed by atoms with Gasteiger partial charge in [0.15, 0.2) is 0 Å². The molecule has 0 aliphatic carbocycles. The fourth-order valence-electron chi connectivity index (χ4n) is 2.56. The van der Waals surface area contributed by atoms with Gasteiger partial charge in [-0.3, -0.25) is 4.98 Å². The fraction of sp³-hybridized carbons (Fsp3) is 0.133. The second-order valence-corrected chi connectivity index (χ2v) is 5.02. The number of rotatable bonds is 3. The number of halogens is 1. The summed E-state index contributed by atoms with van der Waals surface area (Å²) in [5.74, 6) is 1.13. The van der Waals surface area contributed by atoms with E-state index in [0.717, 1.165) is 33.5 Å². The molecule has 104 valence electrons. The third kappa shape index (κ3) is 1.97. The van der Waals surface area contributed by atoms with Crippen LogP contribution in [0.15, 0.2) is 47.3 Å². The minimum Gasteiger partial charge on any atom is -0.364 e. The Kier molecular flexibility index (Phi) is 2.86. The third-order valence-electron chi connectivity index (χ3n) is 3.49. The fourth-order valence-corrected chi connectivity index (χ4v) is 2.77. The lowest BCUT2D eigenvalue weighted by Crippen LogP contribution is -2.04. The molecule has 0 saturated heterocycles. The predicted molar refractivity (Wildman–Crippen MR) is 80.2 cm³/mol. The first-order valence-corrected chi connectivity index (χ1v) is 7.08. The van der Waals surface area contributed by atoms with Crippen molar-refractivity contribution < 1.29 is 4.52 Å². The number of aromatic nitrogens is 4. The maximum absolute atomic E-state index is 6.05. The van der Waals surface area contributed by atoms with Gasteiger partial charge in [0.1, 0.15) is 23.3 Å². The number of alkyl halides is 1. The van der Waals surface area contributed by atoms with E-state index in [4.69, 9.17) is 16.1 Å². The summed E-state index contributed by atoms with van der Waals surface area (Å²) < 4.78 is 6.98. The molecule has 3 aromatic heterocycles. The molecule has 3 heterocycles. The van der Waals surface area contributed by atoms with Gasteiger partial charge in [-0.2, -0.15) is 0 Å². The minimum absolute atomic E-state index is 0.334. The van der Waals surface area contributed by atoms with Gasteiger partial charge in [0, 0.05) is 11.5 Å². The summed E-state index contributed by atoms with van der Waals surface area (Å²) in [6.45, 7) is 0.572. The monoisotopic (exact) mass is 298 g/mol. The van der Waals surface area contributed by atoms with Crippen molar-refractivity contribution in [1.29, 1.82) is 0 Å². The first-order chi connectivity index (χ1) is 10.4. The van der Waals surface area contributed by atoms with Crippen LogP contribution in [0.1, 0.15) is 11.5 Å². The highest BCUT2D eigenvalue weighted by Gasteiger charge is 2.14. The van der Waals surface area contributed by atoms with Crippen molar-refractivity contribution >= 4 is 33.5 Å². The molecule has 0 aliphatic rings. The maximum atomic E-state index is 6.05. The van der Waals surface area contributed by atoms with Crippen molar-refractivity contribution in [3.63, 3.8) is 0 Å². The second kappa shape index (κ2) is 4.86. The average Bonchev–Trinajstić information content (AvgIpc) is 3.15. The molecule has 0 radical (unpaired) electrons. The Hall–Kier alpha value is -2.40. The summed E-state index contributed by atoms with van der Waals surface area (Å²) >= 11 is 6.05. The molecule has 4 aromatic rings. The number of imidazole rings is 1. The Morgan fingerprint density at radius 2 is 2.05 bits per heavy atom. The zero-order chi connectivity index (χ0) is 14.2. The van der Waals surface area contributed by atoms with E-state index in [9.17, 15) is 0 Å². The number of benzene rings is 1. The van der Waals surface area contributed by atoms with Gasteiger partial charge in [-0.15, -0.1) is 11.6 Å². The van der Waals surface area contributed by atoms with Crippen LogP contribution in [0.3, 0.4) is 0 Å². The minimum atomic E-state index is 0.334. The number of fused-ring (bicyclic) bond motifs is 3. The van der Waals surface area contributed by atoms with E-state index in [2.05, 4.69) is 19.7 Å². The largest absolute Gasteiger partial charge is 0.364 e. The Bertz CT molecular complexity index is 914. The van der Waals surface area contributed by atoms with E-state index in [-0.39, 0.29) is 0 Å². The smallest absolute Gasteiger partial charge is 0.125 e. The number of para-hydroxylation sites is 1. The summed E-state index contributed by atoms with van der Waals surface area (Å²) in [5, 5.41) is 5.03. The van der Waals surface area contributed by atoms with Crippen molar-refractivity contribution in [3.8, 4) is 0 Å². The summed E-state index contributed by atoms with van der Waals surface area (Å²) in [6, 6.07) is 9.85. The molecule has 0 aliphatic heterocycles. The van der Waals surface area contributed by atoms with Gasteiger partial charge in [-0.05, 0) is 6.07 Å². The molecule has 1 aromatic carbocycles. The average molecular weight is 299 g/mol. The Balaban J connectivity index is 2.03. The quantitative estimate of drug-likeness (QED) is 0.544. The van der Waals surface area contributed by atoms with Crippen LogP contribution in [0.5, 0.6) is 0 Å². The van der Waals surface area contributed by atoms with Crippen LogP contribution in [0, 0.1) is 0 Å². The van der Waals surface area contributed by atoms with Crippen molar-refractivity contribution in [2.45, 2.75) is 12.4 Å². The van der Waals surface area contributed by atoms with Crippen molar-refractivity contribution in [1.82, 2.24) is 19.7 Å². The van der Waals surface area contributed by atoms with Crippen molar-refractivity contribution in [3.05, 3.63) is 54.3 Å². The SMILES string of the molecule is ClCc1nc2cnc3ccccc3c2n1Cc1ccon1. The normalized spacial score (nSPS) is 11.5. The van der Waals surface area contributed by atoms with Crippen molar-refractivity contribution in [2.75, 3.05) is 0 Å². The van der Waals surface area contributed by atoms with E-state index in [1.54, 1.807) is 12.5 Å². The number of hydrogen-bond donors (Lipinski definition) is 0. The molecule has 4 rings (SSSR count). The molecule has 0 atom stereocenters. The Morgan fingerprint density at radius 3 is 2.86 bits per heavy atom. The molecule has 0 bridgehead atoms. The molecular formula is C15H11ClN4O. The van der Waals surface area contributed by atoms with Gasteiger partial charge >= 0.3 is 0 Å².